The summed E-state index contributed by atoms with van der Waals surface area (Å²) in [5, 5.41) is 19.7. The Morgan fingerprint density at radius 3 is 2.63 bits per heavy atom. The van der Waals surface area contributed by atoms with E-state index in [1.54, 1.807) is 13.8 Å². The Bertz CT molecular complexity index is 447. The maximum Gasteiger partial charge on any atom is 0.306 e. The van der Waals surface area contributed by atoms with Crippen LogP contribution in [-0.4, -0.2) is 27.6 Å². The lowest BCUT2D eigenvalue weighted by atomic mass is 9.82. The van der Waals surface area contributed by atoms with Crippen LogP contribution in [0.3, 0.4) is 0 Å². The van der Waals surface area contributed by atoms with E-state index in [0.29, 0.717) is 25.7 Å². The highest BCUT2D eigenvalue weighted by molar-refractivity contribution is 5.98. The van der Waals surface area contributed by atoms with Crippen molar-refractivity contribution in [3.05, 3.63) is 11.1 Å². The fraction of sp³-hybridized carbons (Fsp3) is 0.733. The van der Waals surface area contributed by atoms with Gasteiger partial charge in [-0.3, -0.25) is 9.59 Å². The van der Waals surface area contributed by atoms with Crippen LogP contribution in [-0.2, 0) is 9.59 Å². The molecular formula is C15H22O4. The number of carbonyl (C=O) groups is 2. The highest BCUT2D eigenvalue weighted by Crippen LogP contribution is 2.47. The number of carbonyl (C=O) groups excluding carboxylic acids is 1. The van der Waals surface area contributed by atoms with E-state index < -0.39 is 17.5 Å². The molecule has 2 aliphatic carbocycles. The van der Waals surface area contributed by atoms with E-state index in [2.05, 4.69) is 0 Å². The third kappa shape index (κ3) is 2.46. The molecule has 0 spiro atoms. The molecule has 4 nitrogen and oxygen atoms in total. The van der Waals surface area contributed by atoms with Gasteiger partial charge < -0.3 is 10.2 Å². The summed E-state index contributed by atoms with van der Waals surface area (Å²) in [6, 6.07) is 0. The van der Waals surface area contributed by atoms with E-state index in [1.807, 2.05) is 6.92 Å². The molecule has 1 fully saturated rings. The molecule has 0 aromatic carbocycles. The van der Waals surface area contributed by atoms with Crippen LogP contribution in [0.2, 0.25) is 0 Å². The van der Waals surface area contributed by atoms with Gasteiger partial charge in [0.05, 0.1) is 11.5 Å². The lowest BCUT2D eigenvalue weighted by molar-refractivity contribution is -0.143. The number of Topliss-reactive ketones (excluding diaryl/α,β-unsaturated/α-hetero) is 1. The molecule has 1 saturated carbocycles. The second kappa shape index (κ2) is 4.75. The van der Waals surface area contributed by atoms with Crippen molar-refractivity contribution >= 4 is 11.8 Å². The quantitative estimate of drug-likeness (QED) is 0.803. The molecule has 19 heavy (non-hydrogen) atoms. The normalized spacial score (nSPS) is 36.9. The molecule has 4 heteroatoms. The van der Waals surface area contributed by atoms with Crippen molar-refractivity contribution in [1.29, 1.82) is 0 Å². The first kappa shape index (κ1) is 14.3. The number of fused-ring (bicyclic) bond motifs is 1. The van der Waals surface area contributed by atoms with Gasteiger partial charge in [0.15, 0.2) is 5.78 Å². The van der Waals surface area contributed by atoms with E-state index in [-0.39, 0.29) is 17.6 Å². The molecule has 2 aliphatic rings. The minimum absolute atomic E-state index is 0.00447. The van der Waals surface area contributed by atoms with Crippen LogP contribution in [0.5, 0.6) is 0 Å². The van der Waals surface area contributed by atoms with Crippen molar-refractivity contribution in [3.63, 3.8) is 0 Å². The molecule has 4 atom stereocenters. The molecule has 2 N–H and O–H groups in total. The number of hydrogen-bond acceptors (Lipinski definition) is 3. The zero-order valence-electron chi connectivity index (χ0n) is 11.8. The fourth-order valence-corrected chi connectivity index (χ4v) is 3.46. The topological polar surface area (TPSA) is 74.6 Å². The maximum atomic E-state index is 11.9. The second-order valence-corrected chi connectivity index (χ2v) is 6.32. The van der Waals surface area contributed by atoms with Crippen molar-refractivity contribution in [2.75, 3.05) is 0 Å². The molecule has 0 aromatic rings. The van der Waals surface area contributed by atoms with Gasteiger partial charge in [0.25, 0.3) is 0 Å². The number of carboxylic acids is 1. The van der Waals surface area contributed by atoms with E-state index in [9.17, 15) is 14.7 Å². The monoisotopic (exact) mass is 266 g/mol. The number of rotatable bonds is 2. The van der Waals surface area contributed by atoms with Gasteiger partial charge in [-0.1, -0.05) is 12.5 Å². The average Bonchev–Trinajstić information content (AvgIpc) is 2.53. The Hall–Kier alpha value is -1.16. The Balaban J connectivity index is 2.34. The summed E-state index contributed by atoms with van der Waals surface area (Å²) in [5.41, 5.74) is 0.843. The molecule has 2 rings (SSSR count). The van der Waals surface area contributed by atoms with E-state index >= 15 is 0 Å². The SMILES string of the molecule is CC1=C2C[C@H]([C@H](C)C(=O)O)CC[C@@](C)(O)[C@@H]2CC1=O. The Morgan fingerprint density at radius 2 is 2.05 bits per heavy atom. The van der Waals surface area contributed by atoms with E-state index in [1.165, 1.54) is 0 Å². The first-order valence-corrected chi connectivity index (χ1v) is 6.92. The van der Waals surface area contributed by atoms with Crippen LogP contribution in [0, 0.1) is 17.8 Å². The van der Waals surface area contributed by atoms with Crippen molar-refractivity contribution < 1.29 is 19.8 Å². The number of hydrogen-bond donors (Lipinski definition) is 2. The standard InChI is InChI=1S/C15H22O4/c1-8(14(17)18)10-4-5-15(3,19)12-7-13(16)9(2)11(12)6-10/h8,10,12,19H,4-7H2,1-3H3,(H,17,18)/t8-,10+,12+,15+/m0/s1. The van der Waals surface area contributed by atoms with Gasteiger partial charge in [-0.05, 0) is 44.6 Å². The number of allylic oxidation sites excluding steroid dienone is 1. The molecule has 0 unspecified atom stereocenters. The maximum absolute atomic E-state index is 11.9. The predicted molar refractivity (Wildman–Crippen MR) is 70.6 cm³/mol. The number of aliphatic carboxylic acids is 1. The van der Waals surface area contributed by atoms with Gasteiger partial charge in [0.2, 0.25) is 0 Å². The molecule has 0 bridgehead atoms. The van der Waals surface area contributed by atoms with Gasteiger partial charge in [0, 0.05) is 12.3 Å². The molecular weight excluding hydrogens is 244 g/mol. The van der Waals surface area contributed by atoms with Gasteiger partial charge >= 0.3 is 5.97 Å². The molecule has 0 saturated heterocycles. The highest BCUT2D eigenvalue weighted by atomic mass is 16.4. The molecule has 0 radical (unpaired) electrons. The smallest absolute Gasteiger partial charge is 0.306 e. The first-order valence-electron chi connectivity index (χ1n) is 6.92. The Labute approximate surface area is 113 Å². The molecule has 0 amide bonds. The summed E-state index contributed by atoms with van der Waals surface area (Å²) in [5.74, 6) is -1.25. The number of carboxylic acid groups (broad SMARTS) is 1. The summed E-state index contributed by atoms with van der Waals surface area (Å²) in [4.78, 5) is 23.0. The third-order valence-electron chi connectivity index (χ3n) is 5.06. The molecule has 0 aliphatic heterocycles. The fourth-order valence-electron chi connectivity index (χ4n) is 3.46. The van der Waals surface area contributed by atoms with Gasteiger partial charge in [0.1, 0.15) is 0 Å². The number of ketones is 1. The summed E-state index contributed by atoms with van der Waals surface area (Å²) in [7, 11) is 0. The third-order valence-corrected chi connectivity index (χ3v) is 5.06. The van der Waals surface area contributed by atoms with Crippen molar-refractivity contribution in [3.8, 4) is 0 Å². The molecule has 0 aromatic heterocycles. The van der Waals surface area contributed by atoms with Crippen LogP contribution >= 0.6 is 0 Å². The van der Waals surface area contributed by atoms with Gasteiger partial charge in [-0.15, -0.1) is 0 Å². The lowest BCUT2D eigenvalue weighted by Gasteiger charge is -2.29. The molecule has 0 heterocycles. The summed E-state index contributed by atoms with van der Waals surface area (Å²) < 4.78 is 0. The van der Waals surface area contributed by atoms with Crippen LogP contribution < -0.4 is 0 Å². The van der Waals surface area contributed by atoms with Crippen LogP contribution in [0.4, 0.5) is 0 Å². The van der Waals surface area contributed by atoms with Crippen molar-refractivity contribution in [1.82, 2.24) is 0 Å². The predicted octanol–water partition coefficient (Wildman–Crippen LogP) is 2.16. The van der Waals surface area contributed by atoms with Crippen LogP contribution in [0.25, 0.3) is 0 Å². The zero-order chi connectivity index (χ0) is 14.4. The Kier molecular flexibility index (Phi) is 3.56. The first-order chi connectivity index (χ1) is 8.74. The van der Waals surface area contributed by atoms with E-state index in [4.69, 9.17) is 5.11 Å². The van der Waals surface area contributed by atoms with Crippen LogP contribution in [0.1, 0.15) is 46.5 Å². The minimum atomic E-state index is -0.893. The molecule has 106 valence electrons. The second-order valence-electron chi connectivity index (χ2n) is 6.32. The summed E-state index contributed by atoms with van der Waals surface area (Å²) in [6.45, 7) is 5.30. The number of aliphatic hydroxyl groups is 1. The summed E-state index contributed by atoms with van der Waals surface area (Å²) in [6.07, 6.45) is 2.26. The van der Waals surface area contributed by atoms with Gasteiger partial charge in [-0.25, -0.2) is 0 Å². The summed E-state index contributed by atoms with van der Waals surface area (Å²) >= 11 is 0. The van der Waals surface area contributed by atoms with Gasteiger partial charge in [-0.2, -0.15) is 0 Å². The highest BCUT2D eigenvalue weighted by Gasteiger charge is 2.45. The van der Waals surface area contributed by atoms with Crippen LogP contribution in [0.15, 0.2) is 11.1 Å². The average molecular weight is 266 g/mol. The zero-order valence-corrected chi connectivity index (χ0v) is 11.8. The lowest BCUT2D eigenvalue weighted by Crippen LogP contribution is -2.33. The Morgan fingerprint density at radius 1 is 1.42 bits per heavy atom. The largest absolute Gasteiger partial charge is 0.481 e. The van der Waals surface area contributed by atoms with Crippen molar-refractivity contribution in [2.24, 2.45) is 17.8 Å². The van der Waals surface area contributed by atoms with E-state index in [0.717, 1.165) is 11.1 Å². The minimum Gasteiger partial charge on any atom is -0.481 e. The van der Waals surface area contributed by atoms with Crippen molar-refractivity contribution in [2.45, 2.75) is 52.1 Å².